The Morgan fingerprint density at radius 3 is 2.26 bits per heavy atom. The minimum atomic E-state index is 0.0793. The number of anilines is 1. The Kier molecular flexibility index (Phi) is 7.01. The van der Waals surface area contributed by atoms with Crippen LogP contribution in [0.4, 0.5) is 5.82 Å². The third kappa shape index (κ3) is 5.46. The van der Waals surface area contributed by atoms with E-state index < -0.39 is 0 Å². The summed E-state index contributed by atoms with van der Waals surface area (Å²) < 4.78 is 0. The SMILES string of the molecule is Cc1nc(C)c(Cc2ccccc2)c(N2CCCN(C(=O)c3ccc(C(C)(C)C)cc3)CC2)n1. The molecule has 0 atom stereocenters. The van der Waals surface area contributed by atoms with Crippen molar-refractivity contribution in [3.8, 4) is 0 Å². The summed E-state index contributed by atoms with van der Waals surface area (Å²) in [7, 11) is 0. The lowest BCUT2D eigenvalue weighted by Crippen LogP contribution is -2.35. The van der Waals surface area contributed by atoms with Crippen molar-refractivity contribution in [3.05, 3.63) is 88.4 Å². The van der Waals surface area contributed by atoms with E-state index in [2.05, 4.69) is 74.0 Å². The van der Waals surface area contributed by atoms with Crippen molar-refractivity contribution in [2.45, 2.75) is 52.9 Å². The smallest absolute Gasteiger partial charge is 0.253 e. The second-order valence-electron chi connectivity index (χ2n) is 10.3. The molecule has 1 fully saturated rings. The first-order valence-corrected chi connectivity index (χ1v) is 12.2. The number of aryl methyl sites for hydroxylation is 2. The lowest BCUT2D eigenvalue weighted by molar-refractivity contribution is 0.0767. The van der Waals surface area contributed by atoms with Gasteiger partial charge in [0.25, 0.3) is 5.91 Å². The van der Waals surface area contributed by atoms with Gasteiger partial charge in [-0.2, -0.15) is 0 Å². The summed E-state index contributed by atoms with van der Waals surface area (Å²) in [4.78, 5) is 27.1. The predicted molar refractivity (Wildman–Crippen MR) is 139 cm³/mol. The normalized spacial score (nSPS) is 14.7. The molecule has 2 heterocycles. The average molecular weight is 457 g/mol. The molecule has 1 saturated heterocycles. The van der Waals surface area contributed by atoms with E-state index in [4.69, 9.17) is 4.98 Å². The lowest BCUT2D eigenvalue weighted by atomic mass is 9.86. The van der Waals surface area contributed by atoms with Crippen LogP contribution in [0.25, 0.3) is 0 Å². The third-order valence-corrected chi connectivity index (χ3v) is 6.61. The number of benzene rings is 2. The highest BCUT2D eigenvalue weighted by Crippen LogP contribution is 2.26. The zero-order chi connectivity index (χ0) is 24.3. The van der Waals surface area contributed by atoms with E-state index in [9.17, 15) is 4.79 Å². The highest BCUT2D eigenvalue weighted by atomic mass is 16.2. The maximum Gasteiger partial charge on any atom is 0.253 e. The molecule has 1 aliphatic heterocycles. The third-order valence-electron chi connectivity index (χ3n) is 6.61. The van der Waals surface area contributed by atoms with Gasteiger partial charge in [-0.15, -0.1) is 0 Å². The molecule has 0 saturated carbocycles. The largest absolute Gasteiger partial charge is 0.354 e. The lowest BCUT2D eigenvalue weighted by Gasteiger charge is -2.26. The van der Waals surface area contributed by atoms with E-state index in [1.54, 1.807) is 0 Å². The van der Waals surface area contributed by atoms with Gasteiger partial charge in [0.05, 0.1) is 0 Å². The van der Waals surface area contributed by atoms with Gasteiger partial charge in [-0.3, -0.25) is 4.79 Å². The van der Waals surface area contributed by atoms with E-state index in [1.807, 2.05) is 30.0 Å². The fourth-order valence-corrected chi connectivity index (χ4v) is 4.61. The van der Waals surface area contributed by atoms with Gasteiger partial charge in [-0.25, -0.2) is 9.97 Å². The second-order valence-corrected chi connectivity index (χ2v) is 10.3. The fourth-order valence-electron chi connectivity index (χ4n) is 4.61. The van der Waals surface area contributed by atoms with Crippen LogP contribution in [0.3, 0.4) is 0 Å². The van der Waals surface area contributed by atoms with Crippen LogP contribution >= 0.6 is 0 Å². The average Bonchev–Trinajstić information content (AvgIpc) is 3.07. The Labute approximate surface area is 203 Å². The summed E-state index contributed by atoms with van der Waals surface area (Å²) in [5.74, 6) is 1.92. The van der Waals surface area contributed by atoms with Crippen molar-refractivity contribution in [1.82, 2.24) is 14.9 Å². The molecule has 1 aromatic heterocycles. The standard InChI is InChI=1S/C29H36N4O/c1-21-26(20-23-10-7-6-8-11-23)27(31-22(2)30-21)32-16-9-17-33(19-18-32)28(34)24-12-14-25(15-13-24)29(3,4)5/h6-8,10-15H,9,16-20H2,1-5H3. The number of carbonyl (C=O) groups is 1. The maximum absolute atomic E-state index is 13.3. The van der Waals surface area contributed by atoms with Gasteiger partial charge in [-0.1, -0.05) is 63.2 Å². The molecule has 4 rings (SSSR count). The second kappa shape index (κ2) is 9.96. The van der Waals surface area contributed by atoms with E-state index in [0.717, 1.165) is 55.4 Å². The highest BCUT2D eigenvalue weighted by molar-refractivity contribution is 5.94. The summed E-state index contributed by atoms with van der Waals surface area (Å²) in [5, 5.41) is 0. The molecule has 5 nitrogen and oxygen atoms in total. The molecule has 1 aliphatic rings. The van der Waals surface area contributed by atoms with Crippen molar-refractivity contribution in [3.63, 3.8) is 0 Å². The molecule has 178 valence electrons. The highest BCUT2D eigenvalue weighted by Gasteiger charge is 2.24. The number of rotatable bonds is 4. The van der Waals surface area contributed by atoms with Crippen LogP contribution in [0.1, 0.15) is 65.8 Å². The van der Waals surface area contributed by atoms with Crippen LogP contribution in [-0.4, -0.2) is 47.0 Å². The minimum Gasteiger partial charge on any atom is -0.354 e. The van der Waals surface area contributed by atoms with Crippen LogP contribution < -0.4 is 4.90 Å². The van der Waals surface area contributed by atoms with Gasteiger partial charge < -0.3 is 9.80 Å². The summed E-state index contributed by atoms with van der Waals surface area (Å²) in [6.07, 6.45) is 1.72. The van der Waals surface area contributed by atoms with Crippen LogP contribution in [0.5, 0.6) is 0 Å². The number of hydrogen-bond donors (Lipinski definition) is 0. The Bertz CT molecular complexity index is 1130. The monoisotopic (exact) mass is 456 g/mol. The molecule has 3 aromatic rings. The minimum absolute atomic E-state index is 0.0793. The molecule has 2 aromatic carbocycles. The van der Waals surface area contributed by atoms with Gasteiger partial charge in [0, 0.05) is 49.4 Å². The summed E-state index contributed by atoms with van der Waals surface area (Å²) in [5.41, 5.74) is 5.54. The fraction of sp³-hybridized carbons (Fsp3) is 0.414. The molecule has 0 N–H and O–H groups in total. The van der Waals surface area contributed by atoms with Crippen LogP contribution in [0.2, 0.25) is 0 Å². The van der Waals surface area contributed by atoms with Crippen molar-refractivity contribution < 1.29 is 4.79 Å². The van der Waals surface area contributed by atoms with Crippen LogP contribution in [0, 0.1) is 13.8 Å². The molecule has 1 amide bonds. The Morgan fingerprint density at radius 1 is 0.882 bits per heavy atom. The van der Waals surface area contributed by atoms with Gasteiger partial charge in [0.2, 0.25) is 0 Å². The van der Waals surface area contributed by atoms with E-state index in [-0.39, 0.29) is 11.3 Å². The molecule has 0 bridgehead atoms. The maximum atomic E-state index is 13.3. The Morgan fingerprint density at radius 2 is 1.59 bits per heavy atom. The van der Waals surface area contributed by atoms with Crippen molar-refractivity contribution in [2.24, 2.45) is 0 Å². The molecular formula is C29H36N4O. The predicted octanol–water partition coefficient (Wildman–Crippen LogP) is 5.33. The quantitative estimate of drug-likeness (QED) is 0.532. The van der Waals surface area contributed by atoms with Gasteiger partial charge >= 0.3 is 0 Å². The molecule has 34 heavy (non-hydrogen) atoms. The zero-order valence-electron chi connectivity index (χ0n) is 21.1. The number of carbonyl (C=O) groups excluding carboxylic acids is 1. The number of hydrogen-bond acceptors (Lipinski definition) is 4. The van der Waals surface area contributed by atoms with Gasteiger partial charge in [-0.05, 0) is 48.9 Å². The molecule has 5 heteroatoms. The Hall–Kier alpha value is -3.21. The van der Waals surface area contributed by atoms with E-state index in [0.29, 0.717) is 6.54 Å². The summed E-state index contributed by atoms with van der Waals surface area (Å²) >= 11 is 0. The van der Waals surface area contributed by atoms with Crippen molar-refractivity contribution in [2.75, 3.05) is 31.1 Å². The number of aromatic nitrogens is 2. The first-order valence-electron chi connectivity index (χ1n) is 12.2. The van der Waals surface area contributed by atoms with Gasteiger partial charge in [0.1, 0.15) is 11.6 Å². The zero-order valence-corrected chi connectivity index (χ0v) is 21.1. The van der Waals surface area contributed by atoms with Crippen LogP contribution in [0.15, 0.2) is 54.6 Å². The number of amides is 1. The molecule has 0 aliphatic carbocycles. The molecule has 0 unspecified atom stereocenters. The summed E-state index contributed by atoms with van der Waals surface area (Å²) in [6, 6.07) is 18.6. The van der Waals surface area contributed by atoms with E-state index in [1.165, 1.54) is 16.7 Å². The van der Waals surface area contributed by atoms with Crippen molar-refractivity contribution in [1.29, 1.82) is 0 Å². The van der Waals surface area contributed by atoms with Gasteiger partial charge in [0.15, 0.2) is 0 Å². The molecule has 0 radical (unpaired) electrons. The van der Waals surface area contributed by atoms with E-state index >= 15 is 0 Å². The topological polar surface area (TPSA) is 49.3 Å². The first-order chi connectivity index (χ1) is 16.2. The molecular weight excluding hydrogens is 420 g/mol. The Balaban J connectivity index is 1.52. The first kappa shape index (κ1) is 23.9. The number of nitrogens with zero attached hydrogens (tertiary/aromatic N) is 4. The van der Waals surface area contributed by atoms with Crippen LogP contribution in [-0.2, 0) is 11.8 Å². The summed E-state index contributed by atoms with van der Waals surface area (Å²) in [6.45, 7) is 13.7. The molecule has 0 spiro atoms. The van der Waals surface area contributed by atoms with Crippen molar-refractivity contribution >= 4 is 11.7 Å².